The Bertz CT molecular complexity index is 504. The van der Waals surface area contributed by atoms with E-state index in [1.54, 1.807) is 6.92 Å². The fraction of sp³-hybridized carbons (Fsp3) is 0.417. The third-order valence-corrected chi connectivity index (χ3v) is 2.85. The number of nitrogens with one attached hydrogen (secondary N) is 1. The molecule has 0 aliphatic carbocycles. The van der Waals surface area contributed by atoms with E-state index in [9.17, 15) is 4.79 Å². The second-order valence-corrected chi connectivity index (χ2v) is 4.07. The molecule has 0 unspecified atom stereocenters. The number of rotatable bonds is 5. The van der Waals surface area contributed by atoms with E-state index < -0.39 is 0 Å². The average Bonchev–Trinajstić information content (AvgIpc) is 2.99. The topological polar surface area (TPSA) is 73.0 Å². The van der Waals surface area contributed by atoms with Crippen LogP contribution in [0.1, 0.15) is 30.8 Å². The van der Waals surface area contributed by atoms with Crippen molar-refractivity contribution in [1.82, 2.24) is 20.2 Å². The summed E-state index contributed by atoms with van der Waals surface area (Å²) in [5, 5.41) is 10.2. The van der Waals surface area contributed by atoms with E-state index in [1.165, 1.54) is 0 Å². The van der Waals surface area contributed by atoms with Crippen LogP contribution in [0.25, 0.3) is 0 Å². The van der Waals surface area contributed by atoms with Gasteiger partial charge in [-0.3, -0.25) is 4.79 Å². The molecule has 18 heavy (non-hydrogen) atoms. The molecule has 0 fully saturated rings. The van der Waals surface area contributed by atoms with Crippen molar-refractivity contribution in [1.29, 1.82) is 0 Å². The number of carbonyl (C=O) groups excluding carboxylic acids is 1. The Morgan fingerprint density at radius 2 is 2.17 bits per heavy atom. The highest BCUT2D eigenvalue weighted by Gasteiger charge is 2.17. The van der Waals surface area contributed by atoms with Crippen LogP contribution in [0.3, 0.4) is 0 Å². The first-order valence-electron chi connectivity index (χ1n) is 5.90. The van der Waals surface area contributed by atoms with Crippen LogP contribution >= 0.6 is 0 Å². The van der Waals surface area contributed by atoms with E-state index in [2.05, 4.69) is 20.3 Å². The lowest BCUT2D eigenvalue weighted by molar-refractivity contribution is -0.124. The van der Waals surface area contributed by atoms with Gasteiger partial charge in [-0.15, -0.1) is 0 Å². The van der Waals surface area contributed by atoms with E-state index in [-0.39, 0.29) is 11.9 Å². The zero-order chi connectivity index (χ0) is 13.0. The highest BCUT2D eigenvalue weighted by Crippen LogP contribution is 2.12. The van der Waals surface area contributed by atoms with Crippen LogP contribution in [0.5, 0.6) is 0 Å². The van der Waals surface area contributed by atoms with Crippen molar-refractivity contribution in [3.05, 3.63) is 35.9 Å². The summed E-state index contributed by atoms with van der Waals surface area (Å²) in [7, 11) is 0. The van der Waals surface area contributed by atoms with Gasteiger partial charge in [0.2, 0.25) is 5.91 Å². The van der Waals surface area contributed by atoms with Gasteiger partial charge in [0.25, 0.3) is 0 Å². The monoisotopic (exact) mass is 248 g/mol. The predicted octanol–water partition coefficient (Wildman–Crippen LogP) is 1.45. The first kappa shape index (κ1) is 12.3. The highest BCUT2D eigenvalue weighted by atomic mass is 16.6. The number of aryl methyl sites for hydroxylation is 1. The molecule has 2 aromatic rings. The molecule has 6 heteroatoms. The molecule has 1 atom stereocenters. The normalized spacial score (nSPS) is 12.3. The third-order valence-electron chi connectivity index (χ3n) is 2.85. The SMILES string of the molecule is CC[C@@H](C(=O)NCc1nonc1C)n1cccc1. The van der Waals surface area contributed by atoms with E-state index >= 15 is 0 Å². The summed E-state index contributed by atoms with van der Waals surface area (Å²) in [5.74, 6) is -0.0314. The second kappa shape index (κ2) is 5.48. The van der Waals surface area contributed by atoms with Gasteiger partial charge in [0.05, 0.1) is 6.54 Å². The molecule has 0 aliphatic heterocycles. The number of amides is 1. The quantitative estimate of drug-likeness (QED) is 0.869. The molecule has 0 radical (unpaired) electrons. The molecule has 0 saturated carbocycles. The molecule has 1 amide bonds. The molecule has 2 rings (SSSR count). The number of carbonyl (C=O) groups is 1. The van der Waals surface area contributed by atoms with Crippen LogP contribution in [0.15, 0.2) is 29.2 Å². The highest BCUT2D eigenvalue weighted by molar-refractivity contribution is 5.80. The Hall–Kier alpha value is -2.11. The van der Waals surface area contributed by atoms with Gasteiger partial charge in [-0.2, -0.15) is 0 Å². The Morgan fingerprint density at radius 3 is 2.72 bits per heavy atom. The molecule has 0 aromatic carbocycles. The maximum atomic E-state index is 12.1. The van der Waals surface area contributed by atoms with E-state index in [0.717, 1.165) is 6.42 Å². The van der Waals surface area contributed by atoms with Crippen LogP contribution in [0.4, 0.5) is 0 Å². The third kappa shape index (κ3) is 2.58. The maximum Gasteiger partial charge on any atom is 0.243 e. The van der Waals surface area contributed by atoms with Crippen molar-refractivity contribution in [2.75, 3.05) is 0 Å². The van der Waals surface area contributed by atoms with Gasteiger partial charge in [-0.1, -0.05) is 17.2 Å². The maximum absolute atomic E-state index is 12.1. The molecule has 6 nitrogen and oxygen atoms in total. The fourth-order valence-corrected chi connectivity index (χ4v) is 1.79. The van der Waals surface area contributed by atoms with Crippen molar-refractivity contribution in [2.45, 2.75) is 32.9 Å². The lowest BCUT2D eigenvalue weighted by atomic mass is 10.2. The summed E-state index contributed by atoms with van der Waals surface area (Å²) in [6, 6.07) is 3.61. The minimum Gasteiger partial charge on any atom is -0.348 e. The summed E-state index contributed by atoms with van der Waals surface area (Å²) in [6.07, 6.45) is 4.50. The van der Waals surface area contributed by atoms with Gasteiger partial charge in [-0.05, 0) is 25.5 Å². The Morgan fingerprint density at radius 1 is 1.44 bits per heavy atom. The number of aromatic nitrogens is 3. The van der Waals surface area contributed by atoms with E-state index in [1.807, 2.05) is 36.0 Å². The number of hydrogen-bond donors (Lipinski definition) is 1. The number of nitrogens with zero attached hydrogens (tertiary/aromatic N) is 3. The lowest BCUT2D eigenvalue weighted by Crippen LogP contribution is -2.31. The molecule has 0 bridgehead atoms. The Kier molecular flexibility index (Phi) is 3.76. The van der Waals surface area contributed by atoms with Crippen LogP contribution < -0.4 is 5.32 Å². The van der Waals surface area contributed by atoms with Gasteiger partial charge in [0.15, 0.2) is 0 Å². The van der Waals surface area contributed by atoms with Crippen LogP contribution in [0, 0.1) is 6.92 Å². The summed E-state index contributed by atoms with van der Waals surface area (Å²) in [5.41, 5.74) is 1.36. The van der Waals surface area contributed by atoms with E-state index in [0.29, 0.717) is 17.9 Å². The fourth-order valence-electron chi connectivity index (χ4n) is 1.79. The van der Waals surface area contributed by atoms with Crippen molar-refractivity contribution in [2.24, 2.45) is 0 Å². The van der Waals surface area contributed by atoms with Crippen molar-refractivity contribution >= 4 is 5.91 Å². The average molecular weight is 248 g/mol. The smallest absolute Gasteiger partial charge is 0.243 e. The molecule has 2 heterocycles. The zero-order valence-electron chi connectivity index (χ0n) is 10.5. The molecule has 2 aromatic heterocycles. The van der Waals surface area contributed by atoms with Crippen molar-refractivity contribution in [3.8, 4) is 0 Å². The zero-order valence-corrected chi connectivity index (χ0v) is 10.5. The summed E-state index contributed by atoms with van der Waals surface area (Å²) < 4.78 is 6.47. The minimum atomic E-state index is -0.194. The van der Waals surface area contributed by atoms with Gasteiger partial charge in [-0.25, -0.2) is 4.63 Å². The minimum absolute atomic E-state index is 0.0314. The molecular weight excluding hydrogens is 232 g/mol. The van der Waals surface area contributed by atoms with Gasteiger partial charge < -0.3 is 9.88 Å². The Balaban J connectivity index is 1.97. The number of hydrogen-bond acceptors (Lipinski definition) is 4. The lowest BCUT2D eigenvalue weighted by Gasteiger charge is -2.16. The summed E-state index contributed by atoms with van der Waals surface area (Å²) >= 11 is 0. The summed E-state index contributed by atoms with van der Waals surface area (Å²) in [4.78, 5) is 12.1. The molecule has 0 aliphatic rings. The van der Waals surface area contributed by atoms with Gasteiger partial charge in [0, 0.05) is 12.4 Å². The molecule has 96 valence electrons. The van der Waals surface area contributed by atoms with Gasteiger partial charge >= 0.3 is 0 Å². The van der Waals surface area contributed by atoms with Crippen molar-refractivity contribution < 1.29 is 9.42 Å². The largest absolute Gasteiger partial charge is 0.348 e. The summed E-state index contributed by atoms with van der Waals surface area (Å²) in [6.45, 7) is 4.11. The van der Waals surface area contributed by atoms with Crippen LogP contribution in [-0.4, -0.2) is 20.8 Å². The first-order chi connectivity index (χ1) is 8.72. The Labute approximate surface area is 105 Å². The van der Waals surface area contributed by atoms with Crippen LogP contribution in [0.2, 0.25) is 0 Å². The van der Waals surface area contributed by atoms with Crippen molar-refractivity contribution in [3.63, 3.8) is 0 Å². The standard InChI is InChI=1S/C12H16N4O2/c1-3-11(16-6-4-5-7-16)12(17)13-8-10-9(2)14-18-15-10/h4-7,11H,3,8H2,1-2H3,(H,13,17)/t11-/m0/s1. The van der Waals surface area contributed by atoms with E-state index in [4.69, 9.17) is 0 Å². The molecule has 0 spiro atoms. The van der Waals surface area contributed by atoms with Crippen LogP contribution in [-0.2, 0) is 11.3 Å². The predicted molar refractivity (Wildman–Crippen MR) is 64.6 cm³/mol. The molecular formula is C12H16N4O2. The molecule has 1 N–H and O–H groups in total. The first-order valence-corrected chi connectivity index (χ1v) is 5.90. The molecule has 0 saturated heterocycles. The second-order valence-electron chi connectivity index (χ2n) is 4.07. The van der Waals surface area contributed by atoms with Gasteiger partial charge in [0.1, 0.15) is 17.4 Å².